The lowest BCUT2D eigenvalue weighted by atomic mass is 9.80. The van der Waals surface area contributed by atoms with Gasteiger partial charge in [0.05, 0.1) is 0 Å². The van der Waals surface area contributed by atoms with Gasteiger partial charge in [-0.3, -0.25) is 0 Å². The molecule has 0 N–H and O–H groups in total. The van der Waals surface area contributed by atoms with Crippen molar-refractivity contribution < 1.29 is 4.39 Å². The van der Waals surface area contributed by atoms with Crippen LogP contribution in [0.1, 0.15) is 69.6 Å². The van der Waals surface area contributed by atoms with Gasteiger partial charge in [0.15, 0.2) is 0 Å². The molecule has 0 aromatic heterocycles. The maximum atomic E-state index is 14.4. The van der Waals surface area contributed by atoms with Gasteiger partial charge in [-0.15, -0.1) is 0 Å². The molecule has 1 aliphatic rings. The molecule has 0 heterocycles. The topological polar surface area (TPSA) is 0 Å². The van der Waals surface area contributed by atoms with Crippen LogP contribution >= 0.6 is 0 Å². The monoisotopic (exact) mass is 248 g/mol. The fourth-order valence-corrected chi connectivity index (χ4v) is 3.58. The molecule has 1 aromatic carbocycles. The van der Waals surface area contributed by atoms with E-state index in [1.54, 1.807) is 6.07 Å². The van der Waals surface area contributed by atoms with Crippen LogP contribution in [-0.4, -0.2) is 0 Å². The van der Waals surface area contributed by atoms with E-state index < -0.39 is 0 Å². The molecule has 18 heavy (non-hydrogen) atoms. The molecule has 1 fully saturated rings. The van der Waals surface area contributed by atoms with E-state index in [0.717, 1.165) is 11.1 Å². The largest absolute Gasteiger partial charge is 0.207 e. The molecule has 0 radical (unpaired) electrons. The number of hydrogen-bond acceptors (Lipinski definition) is 0. The Labute approximate surface area is 111 Å². The fraction of sp³-hybridized carbons (Fsp3) is 0.647. The Hall–Kier alpha value is -0.850. The summed E-state index contributed by atoms with van der Waals surface area (Å²) in [5.74, 6) is 1.24. The normalized spacial score (nSPS) is 24.6. The van der Waals surface area contributed by atoms with E-state index in [9.17, 15) is 4.39 Å². The van der Waals surface area contributed by atoms with E-state index in [2.05, 4.69) is 33.8 Å². The first-order chi connectivity index (χ1) is 8.30. The molecule has 2 atom stereocenters. The minimum absolute atomic E-state index is 0.0170. The van der Waals surface area contributed by atoms with E-state index in [0.29, 0.717) is 11.8 Å². The first-order valence-corrected chi connectivity index (χ1v) is 7.11. The lowest BCUT2D eigenvalue weighted by molar-refractivity contribution is 0.504. The van der Waals surface area contributed by atoms with Crippen molar-refractivity contribution in [3.63, 3.8) is 0 Å². The van der Waals surface area contributed by atoms with Crippen molar-refractivity contribution in [1.82, 2.24) is 0 Å². The van der Waals surface area contributed by atoms with Gasteiger partial charge in [0.1, 0.15) is 5.82 Å². The fourth-order valence-electron chi connectivity index (χ4n) is 3.58. The van der Waals surface area contributed by atoms with E-state index in [1.807, 2.05) is 6.92 Å². The highest BCUT2D eigenvalue weighted by atomic mass is 19.1. The summed E-state index contributed by atoms with van der Waals surface area (Å²) < 4.78 is 14.4. The molecule has 0 aliphatic heterocycles. The smallest absolute Gasteiger partial charge is 0.127 e. The van der Waals surface area contributed by atoms with Crippen molar-refractivity contribution in [2.45, 2.75) is 65.2 Å². The summed E-state index contributed by atoms with van der Waals surface area (Å²) >= 11 is 0. The molecule has 2 rings (SSSR count). The third kappa shape index (κ3) is 2.46. The molecule has 1 heteroatoms. The van der Waals surface area contributed by atoms with Gasteiger partial charge in [-0.2, -0.15) is 0 Å². The van der Waals surface area contributed by atoms with Crippen LogP contribution in [0.2, 0.25) is 0 Å². The summed E-state index contributed by atoms with van der Waals surface area (Å²) in [6.45, 7) is 10.6. The second-order valence-corrected chi connectivity index (χ2v) is 6.96. The number of benzene rings is 1. The Morgan fingerprint density at radius 3 is 2.28 bits per heavy atom. The van der Waals surface area contributed by atoms with E-state index in [-0.39, 0.29) is 11.2 Å². The molecule has 0 nitrogen and oxygen atoms in total. The second-order valence-electron chi connectivity index (χ2n) is 6.96. The minimum Gasteiger partial charge on any atom is -0.207 e. The van der Waals surface area contributed by atoms with Crippen molar-refractivity contribution in [2.75, 3.05) is 0 Å². The average Bonchev–Trinajstić information content (AvgIpc) is 2.60. The molecule has 100 valence electrons. The van der Waals surface area contributed by atoms with Gasteiger partial charge in [0, 0.05) is 0 Å². The highest BCUT2D eigenvalue weighted by Gasteiger charge is 2.28. The Bertz CT molecular complexity index is 416. The van der Waals surface area contributed by atoms with Crippen molar-refractivity contribution in [3.05, 3.63) is 34.6 Å². The third-order valence-electron chi connectivity index (χ3n) is 4.35. The lowest BCUT2D eigenvalue weighted by Crippen LogP contribution is -2.16. The molecular formula is C17H25F. The molecule has 1 saturated carbocycles. The maximum absolute atomic E-state index is 14.4. The van der Waals surface area contributed by atoms with Gasteiger partial charge in [0.2, 0.25) is 0 Å². The Morgan fingerprint density at radius 1 is 1.17 bits per heavy atom. The highest BCUT2D eigenvalue weighted by Crippen LogP contribution is 2.41. The standard InChI is InChI=1S/C17H25F/c1-11-7-6-8-14(11)13-9-12(2)16(15(18)10-13)17(3,4)5/h9-11,14H,6-8H2,1-5H3. The van der Waals surface area contributed by atoms with Gasteiger partial charge < -0.3 is 0 Å². The van der Waals surface area contributed by atoms with Crippen molar-refractivity contribution in [3.8, 4) is 0 Å². The molecule has 0 amide bonds. The van der Waals surface area contributed by atoms with Gasteiger partial charge in [-0.25, -0.2) is 4.39 Å². The summed E-state index contributed by atoms with van der Waals surface area (Å²) in [6.07, 6.45) is 3.79. The van der Waals surface area contributed by atoms with Crippen molar-refractivity contribution in [1.29, 1.82) is 0 Å². The minimum atomic E-state index is -0.117. The second kappa shape index (κ2) is 4.68. The summed E-state index contributed by atoms with van der Waals surface area (Å²) in [6, 6.07) is 4.01. The van der Waals surface area contributed by atoms with Crippen molar-refractivity contribution in [2.24, 2.45) is 5.92 Å². The number of aryl methyl sites for hydroxylation is 1. The highest BCUT2D eigenvalue weighted by molar-refractivity contribution is 5.38. The summed E-state index contributed by atoms with van der Waals surface area (Å²) in [4.78, 5) is 0. The van der Waals surface area contributed by atoms with E-state index in [4.69, 9.17) is 0 Å². The van der Waals surface area contributed by atoms with Crippen LogP contribution in [0.3, 0.4) is 0 Å². The first-order valence-electron chi connectivity index (χ1n) is 7.11. The molecule has 1 aliphatic carbocycles. The van der Waals surface area contributed by atoms with Gasteiger partial charge >= 0.3 is 0 Å². The third-order valence-corrected chi connectivity index (χ3v) is 4.35. The van der Waals surface area contributed by atoms with Gasteiger partial charge in [0.25, 0.3) is 0 Å². The Kier molecular flexibility index (Phi) is 3.53. The van der Waals surface area contributed by atoms with E-state index in [1.165, 1.54) is 24.8 Å². The molecule has 0 saturated heterocycles. The lowest BCUT2D eigenvalue weighted by Gasteiger charge is -2.25. The molecular weight excluding hydrogens is 223 g/mol. The Balaban J connectivity index is 2.43. The van der Waals surface area contributed by atoms with Crippen LogP contribution in [0.25, 0.3) is 0 Å². The molecule has 1 aromatic rings. The van der Waals surface area contributed by atoms with Crippen LogP contribution in [0, 0.1) is 18.7 Å². The zero-order chi connectivity index (χ0) is 13.5. The summed E-state index contributed by atoms with van der Waals surface area (Å²) in [5, 5.41) is 0. The predicted molar refractivity (Wildman–Crippen MR) is 75.6 cm³/mol. The Morgan fingerprint density at radius 2 is 1.83 bits per heavy atom. The first kappa shape index (κ1) is 13.6. The number of rotatable bonds is 1. The predicted octanol–water partition coefficient (Wildman–Crippen LogP) is 5.34. The van der Waals surface area contributed by atoms with Crippen LogP contribution in [-0.2, 0) is 5.41 Å². The SMILES string of the molecule is Cc1cc(C2CCCC2C)cc(F)c1C(C)(C)C. The van der Waals surface area contributed by atoms with E-state index >= 15 is 0 Å². The molecule has 0 spiro atoms. The van der Waals surface area contributed by atoms with Crippen LogP contribution in [0.4, 0.5) is 4.39 Å². The van der Waals surface area contributed by atoms with Crippen molar-refractivity contribution >= 4 is 0 Å². The average molecular weight is 248 g/mol. The number of hydrogen-bond donors (Lipinski definition) is 0. The molecule has 0 bridgehead atoms. The van der Waals surface area contributed by atoms with Gasteiger partial charge in [-0.1, -0.05) is 46.6 Å². The zero-order valence-electron chi connectivity index (χ0n) is 12.3. The summed E-state index contributed by atoms with van der Waals surface area (Å²) in [7, 11) is 0. The van der Waals surface area contributed by atoms with Gasteiger partial charge in [-0.05, 0) is 53.4 Å². The van der Waals surface area contributed by atoms with Crippen LogP contribution in [0.15, 0.2) is 12.1 Å². The quantitative estimate of drug-likeness (QED) is 0.629. The zero-order valence-corrected chi connectivity index (χ0v) is 12.3. The maximum Gasteiger partial charge on any atom is 0.127 e. The van der Waals surface area contributed by atoms with Crippen LogP contribution in [0.5, 0.6) is 0 Å². The molecule has 2 unspecified atom stereocenters. The summed E-state index contributed by atoms with van der Waals surface area (Å²) in [5.41, 5.74) is 3.07. The van der Waals surface area contributed by atoms with Crippen LogP contribution < -0.4 is 0 Å². The number of halogens is 1.